The first-order valence-electron chi connectivity index (χ1n) is 7.23. The molecule has 0 unspecified atom stereocenters. The summed E-state index contributed by atoms with van der Waals surface area (Å²) in [5.74, 6) is 0.0266. The maximum Gasteiger partial charge on any atom is 0.411 e. The minimum absolute atomic E-state index is 0.0266. The minimum Gasteiger partial charge on any atom is -0.444 e. The van der Waals surface area contributed by atoms with Crippen molar-refractivity contribution in [3.05, 3.63) is 35.9 Å². The molecule has 1 aromatic carbocycles. The molecule has 0 spiro atoms. The topological polar surface area (TPSA) is 46.6 Å². The van der Waals surface area contributed by atoms with E-state index in [4.69, 9.17) is 4.74 Å². The van der Waals surface area contributed by atoms with Crippen LogP contribution in [0.5, 0.6) is 0 Å². The van der Waals surface area contributed by atoms with Crippen LogP contribution in [0.2, 0.25) is 0 Å². The van der Waals surface area contributed by atoms with E-state index >= 15 is 0 Å². The Kier molecular flexibility index (Phi) is 5.94. The van der Waals surface area contributed by atoms with Crippen LogP contribution in [0, 0.1) is 5.92 Å². The molecule has 0 aromatic heterocycles. The first-order chi connectivity index (χ1) is 9.74. The minimum atomic E-state index is -0.587. The number of rotatable bonds is 5. The van der Waals surface area contributed by atoms with Gasteiger partial charge in [-0.3, -0.25) is 4.90 Å². The Morgan fingerprint density at radius 3 is 2.24 bits per heavy atom. The molecule has 1 amide bonds. The van der Waals surface area contributed by atoms with Crippen molar-refractivity contribution in [1.82, 2.24) is 4.90 Å². The van der Waals surface area contributed by atoms with Gasteiger partial charge in [0.15, 0.2) is 0 Å². The fourth-order valence-electron chi connectivity index (χ4n) is 1.98. The Bertz CT molecular complexity index is 463. The van der Waals surface area contributed by atoms with Crippen LogP contribution in [0.1, 0.15) is 40.2 Å². The molecule has 4 nitrogen and oxygen atoms in total. The van der Waals surface area contributed by atoms with Gasteiger partial charge in [-0.15, -0.1) is 0 Å². The zero-order valence-electron chi connectivity index (χ0n) is 13.5. The van der Waals surface area contributed by atoms with Gasteiger partial charge in [-0.1, -0.05) is 44.2 Å². The van der Waals surface area contributed by atoms with E-state index in [0.29, 0.717) is 6.54 Å². The Labute approximate surface area is 127 Å². The Morgan fingerprint density at radius 2 is 1.81 bits per heavy atom. The fourth-order valence-corrected chi connectivity index (χ4v) is 1.98. The predicted molar refractivity (Wildman–Crippen MR) is 82.9 cm³/mol. The van der Waals surface area contributed by atoms with Crippen LogP contribution in [-0.2, 0) is 16.1 Å². The third kappa shape index (κ3) is 5.58. The summed E-state index contributed by atoms with van der Waals surface area (Å²) < 4.78 is 5.43. The quantitative estimate of drug-likeness (QED) is 0.778. The summed E-state index contributed by atoms with van der Waals surface area (Å²) in [6.45, 7) is 9.64. The summed E-state index contributed by atoms with van der Waals surface area (Å²) in [4.78, 5) is 25.3. The molecule has 0 bridgehead atoms. The third-order valence-electron chi connectivity index (χ3n) is 3.01. The van der Waals surface area contributed by atoms with Gasteiger partial charge in [-0.05, 0) is 32.3 Å². The molecule has 0 saturated heterocycles. The highest BCUT2D eigenvalue weighted by molar-refractivity contribution is 5.74. The number of nitrogens with zero attached hydrogens (tertiary/aromatic N) is 1. The lowest BCUT2D eigenvalue weighted by atomic mass is 10.0. The SMILES string of the molecule is CC(C)[C@@H](C=O)N(Cc1ccccc1)C(=O)OC(C)(C)C. The lowest BCUT2D eigenvalue weighted by molar-refractivity contribution is -0.114. The number of aldehydes is 1. The van der Waals surface area contributed by atoms with Crippen molar-refractivity contribution < 1.29 is 14.3 Å². The molecule has 21 heavy (non-hydrogen) atoms. The van der Waals surface area contributed by atoms with Gasteiger partial charge in [0.05, 0.1) is 6.04 Å². The number of hydrogen-bond acceptors (Lipinski definition) is 3. The van der Waals surface area contributed by atoms with Gasteiger partial charge >= 0.3 is 6.09 Å². The monoisotopic (exact) mass is 291 g/mol. The number of ether oxygens (including phenoxy) is 1. The molecule has 0 saturated carbocycles. The van der Waals surface area contributed by atoms with E-state index in [9.17, 15) is 9.59 Å². The van der Waals surface area contributed by atoms with E-state index in [1.165, 1.54) is 4.90 Å². The molecule has 1 rings (SSSR count). The molecule has 0 N–H and O–H groups in total. The maximum absolute atomic E-state index is 12.4. The van der Waals surface area contributed by atoms with Crippen molar-refractivity contribution in [2.24, 2.45) is 5.92 Å². The second kappa shape index (κ2) is 7.25. The summed E-state index contributed by atoms with van der Waals surface area (Å²) in [5.41, 5.74) is 0.382. The highest BCUT2D eigenvalue weighted by Gasteiger charge is 2.30. The van der Waals surface area contributed by atoms with Crippen LogP contribution < -0.4 is 0 Å². The van der Waals surface area contributed by atoms with E-state index in [2.05, 4.69) is 0 Å². The molecule has 0 radical (unpaired) electrons. The average Bonchev–Trinajstić information content (AvgIpc) is 2.37. The molecule has 116 valence electrons. The van der Waals surface area contributed by atoms with E-state index < -0.39 is 17.7 Å². The summed E-state index contributed by atoms with van der Waals surface area (Å²) >= 11 is 0. The highest BCUT2D eigenvalue weighted by atomic mass is 16.6. The lowest BCUT2D eigenvalue weighted by Crippen LogP contribution is -2.46. The van der Waals surface area contributed by atoms with Crippen molar-refractivity contribution in [3.8, 4) is 0 Å². The van der Waals surface area contributed by atoms with Gasteiger partial charge < -0.3 is 9.53 Å². The molecule has 4 heteroatoms. The van der Waals surface area contributed by atoms with E-state index in [0.717, 1.165) is 11.8 Å². The molecule has 0 heterocycles. The van der Waals surface area contributed by atoms with Crippen molar-refractivity contribution in [2.45, 2.75) is 52.8 Å². The van der Waals surface area contributed by atoms with Crippen LogP contribution in [0.15, 0.2) is 30.3 Å². The smallest absolute Gasteiger partial charge is 0.411 e. The molecule has 0 aliphatic carbocycles. The zero-order valence-corrected chi connectivity index (χ0v) is 13.5. The predicted octanol–water partition coefficient (Wildman–Crippen LogP) is 3.65. The van der Waals surface area contributed by atoms with E-state index in [1.807, 2.05) is 65.0 Å². The number of carbonyl (C=O) groups excluding carboxylic acids is 2. The molecular formula is C17H25NO3. The number of benzene rings is 1. The molecule has 1 aromatic rings. The number of hydrogen-bond donors (Lipinski definition) is 0. The van der Waals surface area contributed by atoms with Crippen LogP contribution in [-0.4, -0.2) is 28.9 Å². The molecule has 0 aliphatic rings. The van der Waals surface area contributed by atoms with Crippen molar-refractivity contribution in [2.75, 3.05) is 0 Å². The van der Waals surface area contributed by atoms with Crippen molar-refractivity contribution >= 4 is 12.4 Å². The summed E-state index contributed by atoms with van der Waals surface area (Å²) in [6.07, 6.45) is 0.356. The average molecular weight is 291 g/mol. The van der Waals surface area contributed by atoms with Crippen molar-refractivity contribution in [1.29, 1.82) is 0 Å². The van der Waals surface area contributed by atoms with Crippen LogP contribution in [0.3, 0.4) is 0 Å². The Morgan fingerprint density at radius 1 is 1.24 bits per heavy atom. The molecule has 1 atom stereocenters. The second-order valence-electron chi connectivity index (χ2n) is 6.46. The Balaban J connectivity index is 2.99. The number of amides is 1. The first-order valence-corrected chi connectivity index (χ1v) is 7.23. The lowest BCUT2D eigenvalue weighted by Gasteiger charge is -2.32. The molecule has 0 aliphatic heterocycles. The largest absolute Gasteiger partial charge is 0.444 e. The van der Waals surface area contributed by atoms with E-state index in [1.54, 1.807) is 0 Å². The maximum atomic E-state index is 12.4. The van der Waals surface area contributed by atoms with Crippen molar-refractivity contribution in [3.63, 3.8) is 0 Å². The second-order valence-corrected chi connectivity index (χ2v) is 6.46. The van der Waals surface area contributed by atoms with Gasteiger partial charge in [-0.2, -0.15) is 0 Å². The summed E-state index contributed by atoms with van der Waals surface area (Å²) in [7, 11) is 0. The van der Waals surface area contributed by atoms with E-state index in [-0.39, 0.29) is 5.92 Å². The van der Waals surface area contributed by atoms with Crippen LogP contribution in [0.25, 0.3) is 0 Å². The van der Waals surface area contributed by atoms with Gasteiger partial charge in [0, 0.05) is 6.54 Å². The highest BCUT2D eigenvalue weighted by Crippen LogP contribution is 2.18. The molecular weight excluding hydrogens is 266 g/mol. The standard InChI is InChI=1S/C17H25NO3/c1-13(2)15(12-19)18(16(20)21-17(3,4)5)11-14-9-7-6-8-10-14/h6-10,12-13,15H,11H2,1-5H3/t15-/m1/s1. The zero-order chi connectivity index (χ0) is 16.0. The molecule has 0 fully saturated rings. The number of carbonyl (C=O) groups is 2. The Hall–Kier alpha value is -1.84. The van der Waals surface area contributed by atoms with Crippen LogP contribution in [0.4, 0.5) is 4.79 Å². The van der Waals surface area contributed by atoms with Crippen LogP contribution >= 0.6 is 0 Å². The first kappa shape index (κ1) is 17.2. The van der Waals surface area contributed by atoms with Gasteiger partial charge in [-0.25, -0.2) is 4.79 Å². The summed E-state index contributed by atoms with van der Waals surface area (Å²) in [6, 6.07) is 9.10. The van der Waals surface area contributed by atoms with Gasteiger partial charge in [0.2, 0.25) is 0 Å². The van der Waals surface area contributed by atoms with Gasteiger partial charge in [0.25, 0.3) is 0 Å². The third-order valence-corrected chi connectivity index (χ3v) is 3.01. The van der Waals surface area contributed by atoms with Gasteiger partial charge in [0.1, 0.15) is 11.9 Å². The summed E-state index contributed by atoms with van der Waals surface area (Å²) in [5, 5.41) is 0. The fraction of sp³-hybridized carbons (Fsp3) is 0.529. The normalized spacial score (nSPS) is 12.9.